The minimum absolute atomic E-state index is 0.0142. The number of aryl methyl sites for hydroxylation is 2. The fourth-order valence-electron chi connectivity index (χ4n) is 2.92. The summed E-state index contributed by atoms with van der Waals surface area (Å²) in [5.74, 6) is 0.167. The van der Waals surface area contributed by atoms with Crippen molar-refractivity contribution >= 4 is 40.3 Å². The molecule has 5 heteroatoms. The maximum atomic E-state index is 12.7. The zero-order chi connectivity index (χ0) is 21.5. The maximum absolute atomic E-state index is 12.7. The van der Waals surface area contributed by atoms with E-state index in [0.717, 1.165) is 20.3 Å². The third kappa shape index (κ3) is 5.71. The van der Waals surface area contributed by atoms with Crippen molar-refractivity contribution in [3.8, 4) is 11.8 Å². The molecular weight excluding hydrogens is 487 g/mol. The number of nitrogens with zero attached hydrogens (tertiary/aromatic N) is 1. The van der Waals surface area contributed by atoms with E-state index in [1.165, 1.54) is 0 Å². The Hall–Kier alpha value is -3.11. The Morgan fingerprint density at radius 2 is 1.83 bits per heavy atom. The molecule has 0 saturated heterocycles. The third-order valence-corrected chi connectivity index (χ3v) is 5.24. The average molecular weight is 508 g/mol. The van der Waals surface area contributed by atoms with Gasteiger partial charge >= 0.3 is 0 Å². The van der Waals surface area contributed by atoms with Crippen LogP contribution in [0, 0.1) is 28.7 Å². The first-order valence-corrected chi connectivity index (χ1v) is 10.5. The molecule has 0 spiro atoms. The summed E-state index contributed by atoms with van der Waals surface area (Å²) in [5, 5.41) is 12.4. The van der Waals surface area contributed by atoms with Crippen LogP contribution in [0.15, 0.2) is 72.3 Å². The lowest BCUT2D eigenvalue weighted by Gasteiger charge is -2.11. The lowest BCUT2D eigenvalue weighted by atomic mass is 10.1. The van der Waals surface area contributed by atoms with Crippen molar-refractivity contribution < 1.29 is 9.53 Å². The molecule has 0 heterocycles. The highest BCUT2D eigenvalue weighted by atomic mass is 127. The number of hydrogen-bond acceptors (Lipinski definition) is 3. The summed E-state index contributed by atoms with van der Waals surface area (Å²) in [7, 11) is 0. The molecule has 1 amide bonds. The van der Waals surface area contributed by atoms with E-state index < -0.39 is 5.91 Å². The van der Waals surface area contributed by atoms with Gasteiger partial charge in [0.25, 0.3) is 5.91 Å². The van der Waals surface area contributed by atoms with Gasteiger partial charge in [0.05, 0.1) is 0 Å². The number of nitriles is 1. The number of hydrogen-bond donors (Lipinski definition) is 1. The van der Waals surface area contributed by atoms with Crippen LogP contribution in [0.25, 0.3) is 6.08 Å². The molecule has 0 atom stereocenters. The first-order chi connectivity index (χ1) is 14.5. The normalized spacial score (nSPS) is 10.9. The molecule has 0 bridgehead atoms. The lowest BCUT2D eigenvalue weighted by Crippen LogP contribution is -2.14. The zero-order valence-electron chi connectivity index (χ0n) is 16.8. The predicted molar refractivity (Wildman–Crippen MR) is 128 cm³/mol. The van der Waals surface area contributed by atoms with Gasteiger partial charge in [0.15, 0.2) is 0 Å². The Kier molecular flexibility index (Phi) is 7.26. The Labute approximate surface area is 190 Å². The molecule has 30 heavy (non-hydrogen) atoms. The number of para-hydroxylation sites is 1. The number of ether oxygens (including phenoxy) is 1. The second kappa shape index (κ2) is 10.1. The molecule has 3 aromatic carbocycles. The molecular formula is C25H21IN2O2. The molecule has 0 aliphatic carbocycles. The van der Waals surface area contributed by atoms with Crippen LogP contribution in [0.2, 0.25) is 0 Å². The van der Waals surface area contributed by atoms with Crippen LogP contribution >= 0.6 is 22.6 Å². The smallest absolute Gasteiger partial charge is 0.266 e. The van der Waals surface area contributed by atoms with E-state index in [9.17, 15) is 10.1 Å². The fraction of sp³-hybridized carbons (Fsp3) is 0.120. The van der Waals surface area contributed by atoms with Crippen LogP contribution in [0.3, 0.4) is 0 Å². The summed E-state index contributed by atoms with van der Waals surface area (Å²) >= 11 is 2.26. The third-order valence-electron chi connectivity index (χ3n) is 4.52. The van der Waals surface area contributed by atoms with Gasteiger partial charge < -0.3 is 10.1 Å². The number of anilines is 1. The minimum atomic E-state index is -0.447. The van der Waals surface area contributed by atoms with E-state index in [2.05, 4.69) is 27.9 Å². The average Bonchev–Trinajstić information content (AvgIpc) is 2.74. The summed E-state index contributed by atoms with van der Waals surface area (Å²) in [4.78, 5) is 12.7. The van der Waals surface area contributed by atoms with Gasteiger partial charge in [-0.05, 0) is 77.9 Å². The Morgan fingerprint density at radius 1 is 1.10 bits per heavy atom. The van der Waals surface area contributed by atoms with Crippen LogP contribution in [-0.2, 0) is 11.4 Å². The number of amides is 1. The van der Waals surface area contributed by atoms with Gasteiger partial charge in [0.2, 0.25) is 0 Å². The number of benzene rings is 3. The summed E-state index contributed by atoms with van der Waals surface area (Å²) in [6.45, 7) is 4.32. The van der Waals surface area contributed by atoms with Crippen LogP contribution in [0.4, 0.5) is 5.69 Å². The minimum Gasteiger partial charge on any atom is -0.488 e. The van der Waals surface area contributed by atoms with E-state index in [4.69, 9.17) is 4.74 Å². The quantitative estimate of drug-likeness (QED) is 0.251. The molecule has 0 aliphatic rings. The molecule has 3 aromatic rings. The highest BCUT2D eigenvalue weighted by molar-refractivity contribution is 14.1. The van der Waals surface area contributed by atoms with Crippen molar-refractivity contribution in [1.29, 1.82) is 5.26 Å². The van der Waals surface area contributed by atoms with E-state index in [-0.39, 0.29) is 5.57 Å². The second-order valence-electron chi connectivity index (χ2n) is 6.90. The van der Waals surface area contributed by atoms with Gasteiger partial charge in [-0.1, -0.05) is 48.0 Å². The molecule has 150 valence electrons. The summed E-state index contributed by atoms with van der Waals surface area (Å²) in [6.07, 6.45) is 1.56. The molecule has 1 N–H and O–H groups in total. The van der Waals surface area contributed by atoms with E-state index in [0.29, 0.717) is 23.6 Å². The molecule has 0 aliphatic heterocycles. The van der Waals surface area contributed by atoms with Gasteiger partial charge in [-0.25, -0.2) is 0 Å². The van der Waals surface area contributed by atoms with Crippen LogP contribution in [-0.4, -0.2) is 5.91 Å². The van der Waals surface area contributed by atoms with Crippen molar-refractivity contribution in [3.05, 3.63) is 98.1 Å². The van der Waals surface area contributed by atoms with E-state index in [1.54, 1.807) is 6.08 Å². The van der Waals surface area contributed by atoms with Crippen molar-refractivity contribution in [2.45, 2.75) is 20.5 Å². The molecule has 0 saturated carbocycles. The molecule has 0 aromatic heterocycles. The van der Waals surface area contributed by atoms with Crippen molar-refractivity contribution in [2.75, 3.05) is 5.32 Å². The van der Waals surface area contributed by atoms with Crippen LogP contribution < -0.4 is 10.1 Å². The molecule has 0 radical (unpaired) electrons. The number of carbonyl (C=O) groups is 1. The molecule has 0 fully saturated rings. The van der Waals surface area contributed by atoms with Crippen molar-refractivity contribution in [3.63, 3.8) is 0 Å². The van der Waals surface area contributed by atoms with Gasteiger partial charge in [-0.2, -0.15) is 5.26 Å². The molecule has 0 unspecified atom stereocenters. The number of carbonyl (C=O) groups excluding carboxylic acids is 1. The fourth-order valence-corrected chi connectivity index (χ4v) is 3.28. The lowest BCUT2D eigenvalue weighted by molar-refractivity contribution is -0.112. The topological polar surface area (TPSA) is 62.1 Å². The highest BCUT2D eigenvalue weighted by Crippen LogP contribution is 2.23. The number of halogens is 1. The Balaban J connectivity index is 1.79. The van der Waals surface area contributed by atoms with Crippen molar-refractivity contribution in [1.82, 2.24) is 0 Å². The van der Waals surface area contributed by atoms with Crippen LogP contribution in [0.5, 0.6) is 5.75 Å². The zero-order valence-corrected chi connectivity index (χ0v) is 18.9. The monoisotopic (exact) mass is 508 g/mol. The molecule has 3 rings (SSSR count). The van der Waals surface area contributed by atoms with E-state index >= 15 is 0 Å². The first-order valence-electron chi connectivity index (χ1n) is 9.43. The van der Waals surface area contributed by atoms with Gasteiger partial charge in [0, 0.05) is 14.8 Å². The highest BCUT2D eigenvalue weighted by Gasteiger charge is 2.12. The van der Waals surface area contributed by atoms with Gasteiger partial charge in [-0.15, -0.1) is 0 Å². The molecule has 4 nitrogen and oxygen atoms in total. The SMILES string of the molecule is Cc1ccc(NC(=O)/C(C#N)=C/c2ccccc2OCc2ccc(I)cc2)c(C)c1. The first kappa shape index (κ1) is 21.6. The van der Waals surface area contributed by atoms with Crippen LogP contribution in [0.1, 0.15) is 22.3 Å². The standard InChI is InChI=1S/C25H21IN2O2/c1-17-7-12-23(18(2)13-17)28-25(29)21(15-27)14-20-5-3-4-6-24(20)30-16-19-8-10-22(26)11-9-19/h3-14H,16H2,1-2H3,(H,28,29)/b21-14+. The van der Waals surface area contributed by atoms with Crippen molar-refractivity contribution in [2.24, 2.45) is 0 Å². The van der Waals surface area contributed by atoms with Gasteiger partial charge in [0.1, 0.15) is 24.0 Å². The number of nitrogens with one attached hydrogen (secondary N) is 1. The largest absolute Gasteiger partial charge is 0.488 e. The maximum Gasteiger partial charge on any atom is 0.266 e. The Morgan fingerprint density at radius 3 is 2.53 bits per heavy atom. The summed E-state index contributed by atoms with van der Waals surface area (Å²) < 4.78 is 7.11. The number of rotatable bonds is 6. The second-order valence-corrected chi connectivity index (χ2v) is 8.14. The predicted octanol–water partition coefficient (Wildman–Crippen LogP) is 6.03. The summed E-state index contributed by atoms with van der Waals surface area (Å²) in [6, 6.07) is 23.2. The van der Waals surface area contributed by atoms with Gasteiger partial charge in [-0.3, -0.25) is 4.79 Å². The Bertz CT molecular complexity index is 1130. The summed E-state index contributed by atoms with van der Waals surface area (Å²) in [5.41, 5.74) is 4.48. The van der Waals surface area contributed by atoms with E-state index in [1.807, 2.05) is 86.6 Å².